The zero-order valence-electron chi connectivity index (χ0n) is 17.4. The number of anilines is 1. The molecule has 0 saturated carbocycles. The molecule has 1 aliphatic rings. The van der Waals surface area contributed by atoms with Crippen molar-refractivity contribution in [2.45, 2.75) is 31.8 Å². The quantitative estimate of drug-likeness (QED) is 0.661. The number of nitrogens with one attached hydrogen (secondary N) is 2. The molecule has 160 valence electrons. The standard InChI is InChI=1S/C23H28N2O5/c1-28-20-11-9-16(14-21(20)29-2)10-12-22(26)25-19-8-4-3-7-18(19)23(27)24-15-17-6-5-13-30-17/h3-4,7-9,11,14,17H,5-6,10,12-13,15H2,1-2H3,(H,24,27)(H,25,26)/t17-/m0/s1. The summed E-state index contributed by atoms with van der Waals surface area (Å²) in [5, 5.41) is 5.75. The first kappa shape index (κ1) is 21.6. The summed E-state index contributed by atoms with van der Waals surface area (Å²) in [6.45, 7) is 1.22. The number of methoxy groups -OCH3 is 2. The summed E-state index contributed by atoms with van der Waals surface area (Å²) in [7, 11) is 3.16. The first-order chi connectivity index (χ1) is 14.6. The molecular weight excluding hydrogens is 384 g/mol. The lowest BCUT2D eigenvalue weighted by molar-refractivity contribution is -0.116. The van der Waals surface area contributed by atoms with Crippen molar-refractivity contribution in [3.63, 3.8) is 0 Å². The zero-order chi connectivity index (χ0) is 21.3. The second kappa shape index (κ2) is 10.6. The first-order valence-corrected chi connectivity index (χ1v) is 10.1. The smallest absolute Gasteiger partial charge is 0.253 e. The third-order valence-electron chi connectivity index (χ3n) is 5.05. The number of hydrogen-bond acceptors (Lipinski definition) is 5. The molecule has 0 unspecified atom stereocenters. The van der Waals surface area contributed by atoms with Gasteiger partial charge in [0.05, 0.1) is 31.6 Å². The maximum absolute atomic E-state index is 12.6. The van der Waals surface area contributed by atoms with Gasteiger partial charge in [-0.15, -0.1) is 0 Å². The van der Waals surface area contributed by atoms with Gasteiger partial charge in [-0.1, -0.05) is 18.2 Å². The molecule has 2 aromatic carbocycles. The Kier molecular flexibility index (Phi) is 7.68. The van der Waals surface area contributed by atoms with E-state index in [1.54, 1.807) is 38.5 Å². The number of carbonyl (C=O) groups excluding carboxylic acids is 2. The Bertz CT molecular complexity index is 878. The van der Waals surface area contributed by atoms with E-state index in [0.717, 1.165) is 25.0 Å². The molecule has 1 aliphatic heterocycles. The number of para-hydroxylation sites is 1. The Labute approximate surface area is 176 Å². The van der Waals surface area contributed by atoms with Gasteiger partial charge in [-0.3, -0.25) is 9.59 Å². The maximum atomic E-state index is 12.6. The van der Waals surface area contributed by atoms with E-state index in [4.69, 9.17) is 14.2 Å². The van der Waals surface area contributed by atoms with Crippen LogP contribution < -0.4 is 20.1 Å². The van der Waals surface area contributed by atoms with Gasteiger partial charge in [0.15, 0.2) is 11.5 Å². The van der Waals surface area contributed by atoms with Crippen LogP contribution in [0.2, 0.25) is 0 Å². The SMILES string of the molecule is COc1ccc(CCC(=O)Nc2ccccc2C(=O)NC[C@@H]2CCCO2)cc1OC. The molecule has 0 spiro atoms. The van der Waals surface area contributed by atoms with Gasteiger partial charge >= 0.3 is 0 Å². The molecule has 1 saturated heterocycles. The fraction of sp³-hybridized carbons (Fsp3) is 0.391. The summed E-state index contributed by atoms with van der Waals surface area (Å²) in [6, 6.07) is 12.6. The zero-order valence-corrected chi connectivity index (χ0v) is 17.4. The Morgan fingerprint density at radius 3 is 2.63 bits per heavy atom. The number of amides is 2. The minimum Gasteiger partial charge on any atom is -0.493 e. The van der Waals surface area contributed by atoms with Gasteiger partial charge in [0, 0.05) is 19.6 Å². The predicted octanol–water partition coefficient (Wildman–Crippen LogP) is 3.18. The van der Waals surface area contributed by atoms with Gasteiger partial charge < -0.3 is 24.8 Å². The molecule has 1 fully saturated rings. The molecule has 0 aliphatic carbocycles. The number of benzene rings is 2. The van der Waals surface area contributed by atoms with Gasteiger partial charge in [-0.25, -0.2) is 0 Å². The van der Waals surface area contributed by atoms with Crippen LogP contribution >= 0.6 is 0 Å². The highest BCUT2D eigenvalue weighted by Crippen LogP contribution is 2.28. The maximum Gasteiger partial charge on any atom is 0.253 e. The highest BCUT2D eigenvalue weighted by atomic mass is 16.5. The Morgan fingerprint density at radius 2 is 1.90 bits per heavy atom. The molecule has 0 bridgehead atoms. The average molecular weight is 412 g/mol. The molecule has 2 aromatic rings. The highest BCUT2D eigenvalue weighted by Gasteiger charge is 2.18. The number of hydrogen-bond donors (Lipinski definition) is 2. The Morgan fingerprint density at radius 1 is 1.10 bits per heavy atom. The second-order valence-corrected chi connectivity index (χ2v) is 7.13. The fourth-order valence-electron chi connectivity index (χ4n) is 3.40. The van der Waals surface area contributed by atoms with Crippen molar-refractivity contribution in [3.05, 3.63) is 53.6 Å². The number of carbonyl (C=O) groups is 2. The van der Waals surface area contributed by atoms with Crippen LogP contribution in [0.4, 0.5) is 5.69 Å². The molecule has 2 N–H and O–H groups in total. The number of rotatable bonds is 9. The van der Waals surface area contributed by atoms with Crippen LogP contribution in [0, 0.1) is 0 Å². The summed E-state index contributed by atoms with van der Waals surface area (Å²) >= 11 is 0. The summed E-state index contributed by atoms with van der Waals surface area (Å²) < 4.78 is 16.1. The Hall–Kier alpha value is -3.06. The summed E-state index contributed by atoms with van der Waals surface area (Å²) in [5.74, 6) is 0.891. The van der Waals surface area contributed by atoms with Crippen molar-refractivity contribution in [3.8, 4) is 11.5 Å². The topological polar surface area (TPSA) is 85.9 Å². The van der Waals surface area contributed by atoms with Crippen LogP contribution in [0.1, 0.15) is 35.2 Å². The van der Waals surface area contributed by atoms with Crippen molar-refractivity contribution >= 4 is 17.5 Å². The van der Waals surface area contributed by atoms with Gasteiger partial charge in [0.25, 0.3) is 5.91 Å². The Balaban J connectivity index is 1.56. The van der Waals surface area contributed by atoms with Crippen molar-refractivity contribution in [2.24, 2.45) is 0 Å². The molecule has 3 rings (SSSR count). The van der Waals surface area contributed by atoms with Crippen LogP contribution in [0.25, 0.3) is 0 Å². The van der Waals surface area contributed by atoms with Gasteiger partial charge in [0.2, 0.25) is 5.91 Å². The van der Waals surface area contributed by atoms with E-state index in [0.29, 0.717) is 35.7 Å². The molecule has 7 nitrogen and oxygen atoms in total. The summed E-state index contributed by atoms with van der Waals surface area (Å²) in [6.07, 6.45) is 2.86. The molecule has 7 heteroatoms. The molecular formula is C23H28N2O5. The normalized spacial score (nSPS) is 15.5. The van der Waals surface area contributed by atoms with Crippen molar-refractivity contribution in [1.29, 1.82) is 0 Å². The van der Waals surface area contributed by atoms with Crippen LogP contribution in [-0.4, -0.2) is 45.3 Å². The van der Waals surface area contributed by atoms with Crippen molar-refractivity contribution < 1.29 is 23.8 Å². The largest absolute Gasteiger partial charge is 0.493 e. The van der Waals surface area contributed by atoms with E-state index in [-0.39, 0.29) is 24.3 Å². The summed E-state index contributed by atoms with van der Waals surface area (Å²) in [5.41, 5.74) is 1.90. The third kappa shape index (κ3) is 5.73. The lowest BCUT2D eigenvalue weighted by Gasteiger charge is -2.14. The third-order valence-corrected chi connectivity index (χ3v) is 5.05. The van der Waals surface area contributed by atoms with Crippen LogP contribution in [0.3, 0.4) is 0 Å². The highest BCUT2D eigenvalue weighted by molar-refractivity contribution is 6.03. The fourth-order valence-corrected chi connectivity index (χ4v) is 3.40. The van der Waals surface area contributed by atoms with E-state index in [1.165, 1.54) is 0 Å². The van der Waals surface area contributed by atoms with E-state index >= 15 is 0 Å². The van der Waals surface area contributed by atoms with Crippen molar-refractivity contribution in [1.82, 2.24) is 5.32 Å². The number of aryl methyl sites for hydroxylation is 1. The molecule has 1 heterocycles. The first-order valence-electron chi connectivity index (χ1n) is 10.1. The lowest BCUT2D eigenvalue weighted by Crippen LogP contribution is -2.32. The van der Waals surface area contributed by atoms with E-state index in [1.807, 2.05) is 18.2 Å². The van der Waals surface area contributed by atoms with Crippen LogP contribution in [0.15, 0.2) is 42.5 Å². The number of ether oxygens (including phenoxy) is 3. The van der Waals surface area contributed by atoms with Crippen LogP contribution in [-0.2, 0) is 16.0 Å². The minimum absolute atomic E-state index is 0.0668. The molecule has 1 atom stereocenters. The van der Waals surface area contributed by atoms with E-state index in [2.05, 4.69) is 10.6 Å². The monoisotopic (exact) mass is 412 g/mol. The van der Waals surface area contributed by atoms with E-state index in [9.17, 15) is 9.59 Å². The van der Waals surface area contributed by atoms with Gasteiger partial charge in [0.1, 0.15) is 0 Å². The minimum atomic E-state index is -0.221. The molecule has 0 radical (unpaired) electrons. The molecule has 2 amide bonds. The molecule has 0 aromatic heterocycles. The molecule has 30 heavy (non-hydrogen) atoms. The average Bonchev–Trinajstić information content (AvgIpc) is 3.30. The van der Waals surface area contributed by atoms with Crippen molar-refractivity contribution in [2.75, 3.05) is 32.7 Å². The second-order valence-electron chi connectivity index (χ2n) is 7.13. The van der Waals surface area contributed by atoms with Gasteiger partial charge in [-0.05, 0) is 49.1 Å². The predicted molar refractivity (Wildman–Crippen MR) is 114 cm³/mol. The van der Waals surface area contributed by atoms with Crippen LogP contribution in [0.5, 0.6) is 11.5 Å². The van der Waals surface area contributed by atoms with Gasteiger partial charge in [-0.2, -0.15) is 0 Å². The summed E-state index contributed by atoms with van der Waals surface area (Å²) in [4.78, 5) is 25.1. The lowest BCUT2D eigenvalue weighted by atomic mass is 10.1. The van der Waals surface area contributed by atoms with E-state index < -0.39 is 0 Å².